The van der Waals surface area contributed by atoms with Crippen LogP contribution >= 0.6 is 7.26 Å². The van der Waals surface area contributed by atoms with Crippen LogP contribution in [0.25, 0.3) is 21.5 Å². The van der Waals surface area contributed by atoms with Gasteiger partial charge in [0.05, 0.1) is 17.6 Å². The van der Waals surface area contributed by atoms with E-state index >= 15 is 0 Å². The highest BCUT2D eigenvalue weighted by atomic mass is 31.2. The molecule has 0 aliphatic carbocycles. The monoisotopic (exact) mass is 399 g/mol. The molecule has 0 aliphatic heterocycles. The van der Waals surface area contributed by atoms with Crippen LogP contribution in [-0.2, 0) is 0 Å². The van der Waals surface area contributed by atoms with Crippen molar-refractivity contribution >= 4 is 39.4 Å². The Bertz CT molecular complexity index is 1080. The first-order valence-electron chi connectivity index (χ1n) is 10.5. The average molecular weight is 400 g/mol. The Morgan fingerprint density at radius 3 is 1.14 bits per heavy atom. The minimum atomic E-state index is -1.78. The predicted molar refractivity (Wildman–Crippen MR) is 134 cm³/mol. The second-order valence-corrected chi connectivity index (χ2v) is 15.1. The van der Waals surface area contributed by atoms with Gasteiger partial charge in [0.15, 0.2) is 0 Å². The van der Waals surface area contributed by atoms with Crippen LogP contribution in [0.2, 0.25) is 0 Å². The molecule has 0 N–H and O–H groups in total. The molecule has 0 saturated heterocycles. The first kappa shape index (κ1) is 20.1. The first-order chi connectivity index (χ1) is 13.6. The van der Waals surface area contributed by atoms with Crippen molar-refractivity contribution in [2.75, 3.05) is 0 Å². The molecule has 4 aromatic rings. The van der Waals surface area contributed by atoms with E-state index in [1.165, 1.54) is 32.2 Å². The van der Waals surface area contributed by atoms with Crippen LogP contribution in [0, 0.1) is 0 Å². The van der Waals surface area contributed by atoms with Gasteiger partial charge in [0.25, 0.3) is 0 Å². The quantitative estimate of drug-likeness (QED) is 0.305. The molecular formula is C28H32P+. The van der Waals surface area contributed by atoms with Crippen LogP contribution in [0.3, 0.4) is 0 Å². The van der Waals surface area contributed by atoms with Gasteiger partial charge in [-0.1, -0.05) is 60.7 Å². The van der Waals surface area contributed by atoms with Crippen LogP contribution in [0.1, 0.15) is 41.5 Å². The number of rotatable bonds is 2. The molecule has 0 fully saturated rings. The van der Waals surface area contributed by atoms with Crippen molar-refractivity contribution in [1.29, 1.82) is 0 Å². The number of fused-ring (bicyclic) bond motifs is 2. The fourth-order valence-corrected chi connectivity index (χ4v) is 12.1. The Morgan fingerprint density at radius 1 is 0.448 bits per heavy atom. The Labute approximate surface area is 176 Å². The van der Waals surface area contributed by atoms with Crippen LogP contribution < -0.4 is 10.6 Å². The van der Waals surface area contributed by atoms with E-state index in [0.29, 0.717) is 0 Å². The Balaban J connectivity index is 2.10. The zero-order valence-electron chi connectivity index (χ0n) is 18.5. The lowest BCUT2D eigenvalue weighted by molar-refractivity contribution is 0.703. The summed E-state index contributed by atoms with van der Waals surface area (Å²) in [7, 11) is -1.78. The molecule has 0 nitrogen and oxygen atoms in total. The van der Waals surface area contributed by atoms with Crippen molar-refractivity contribution in [3.8, 4) is 0 Å². The van der Waals surface area contributed by atoms with Gasteiger partial charge in [-0.3, -0.25) is 0 Å². The lowest BCUT2D eigenvalue weighted by atomic mass is 10.1. The van der Waals surface area contributed by atoms with Gasteiger partial charge in [0, 0.05) is 0 Å². The van der Waals surface area contributed by atoms with Crippen molar-refractivity contribution in [1.82, 2.24) is 0 Å². The first-order valence-corrected chi connectivity index (χ1v) is 12.3. The zero-order valence-corrected chi connectivity index (χ0v) is 19.4. The summed E-state index contributed by atoms with van der Waals surface area (Å²) in [5.74, 6) is 0. The van der Waals surface area contributed by atoms with E-state index < -0.39 is 7.26 Å². The second-order valence-electron chi connectivity index (χ2n) is 10.1. The summed E-state index contributed by atoms with van der Waals surface area (Å²) >= 11 is 0. The smallest absolute Gasteiger partial charge is 0.0616 e. The van der Waals surface area contributed by atoms with Gasteiger partial charge in [-0.15, -0.1) is 0 Å². The molecule has 0 saturated carbocycles. The van der Waals surface area contributed by atoms with Crippen molar-refractivity contribution in [2.24, 2.45) is 0 Å². The molecule has 0 aliphatic rings. The van der Waals surface area contributed by atoms with Gasteiger partial charge in [-0.25, -0.2) is 0 Å². The summed E-state index contributed by atoms with van der Waals surface area (Å²) in [5.41, 5.74) is 0. The molecule has 4 aromatic carbocycles. The van der Waals surface area contributed by atoms with Gasteiger partial charge < -0.3 is 0 Å². The molecule has 0 heterocycles. The molecule has 0 bridgehead atoms. The number of benzene rings is 4. The van der Waals surface area contributed by atoms with E-state index in [1.807, 2.05) is 0 Å². The second kappa shape index (κ2) is 6.96. The summed E-state index contributed by atoms with van der Waals surface area (Å²) in [4.78, 5) is 0. The standard InChI is InChI=1S/C28H32P/c1-27(2,3)29(28(4,5)6,25-17-15-21-11-7-9-13-23(21)19-25)26-18-16-22-12-8-10-14-24(22)20-26/h7-20H,1-6H3/q+1. The maximum absolute atomic E-state index is 2.47. The third-order valence-corrected chi connectivity index (χ3v) is 12.4. The lowest BCUT2D eigenvalue weighted by Crippen LogP contribution is -2.46. The Morgan fingerprint density at radius 2 is 0.793 bits per heavy atom. The molecule has 148 valence electrons. The predicted octanol–water partition coefficient (Wildman–Crippen LogP) is 7.56. The Hall–Kier alpha value is -2.17. The van der Waals surface area contributed by atoms with Crippen molar-refractivity contribution in [3.05, 3.63) is 84.9 Å². The van der Waals surface area contributed by atoms with Gasteiger partial charge >= 0.3 is 0 Å². The summed E-state index contributed by atoms with van der Waals surface area (Å²) < 4.78 is 0. The number of hydrogen-bond acceptors (Lipinski definition) is 0. The topological polar surface area (TPSA) is 0 Å². The van der Waals surface area contributed by atoms with E-state index in [0.717, 1.165) is 0 Å². The van der Waals surface area contributed by atoms with Gasteiger partial charge in [0.2, 0.25) is 0 Å². The van der Waals surface area contributed by atoms with E-state index in [-0.39, 0.29) is 10.3 Å². The fourth-order valence-electron chi connectivity index (χ4n) is 5.48. The summed E-state index contributed by atoms with van der Waals surface area (Å²) in [6.45, 7) is 14.6. The summed E-state index contributed by atoms with van der Waals surface area (Å²) in [6.07, 6.45) is 0. The largest absolute Gasteiger partial charge is 0.101 e. The molecule has 0 amide bonds. The molecule has 1 heteroatoms. The SMILES string of the molecule is CC(C)(C)[P+](c1ccc2ccccc2c1)(c1ccc2ccccc2c1)C(C)(C)C. The van der Waals surface area contributed by atoms with E-state index in [9.17, 15) is 0 Å². The molecule has 0 aromatic heterocycles. The summed E-state index contributed by atoms with van der Waals surface area (Å²) in [6, 6.07) is 31.9. The van der Waals surface area contributed by atoms with Gasteiger partial charge in [-0.2, -0.15) is 0 Å². The molecular weight excluding hydrogens is 367 g/mol. The third-order valence-electron chi connectivity index (χ3n) is 6.25. The normalized spacial score (nSPS) is 13.2. The number of hydrogen-bond donors (Lipinski definition) is 0. The van der Waals surface area contributed by atoms with Crippen LogP contribution in [0.5, 0.6) is 0 Å². The molecule has 0 spiro atoms. The third kappa shape index (κ3) is 3.19. The lowest BCUT2D eigenvalue weighted by Gasteiger charge is -2.47. The maximum Gasteiger partial charge on any atom is 0.101 e. The molecule has 0 atom stereocenters. The molecule has 29 heavy (non-hydrogen) atoms. The minimum absolute atomic E-state index is 0.135. The van der Waals surface area contributed by atoms with Crippen LogP contribution in [-0.4, -0.2) is 10.3 Å². The average Bonchev–Trinajstić information content (AvgIpc) is 2.66. The molecule has 0 unspecified atom stereocenters. The Kier molecular flexibility index (Phi) is 4.83. The van der Waals surface area contributed by atoms with Crippen molar-refractivity contribution < 1.29 is 0 Å². The van der Waals surface area contributed by atoms with Crippen molar-refractivity contribution in [3.63, 3.8) is 0 Å². The highest BCUT2D eigenvalue weighted by Gasteiger charge is 2.61. The van der Waals surface area contributed by atoms with Crippen molar-refractivity contribution in [2.45, 2.75) is 51.9 Å². The van der Waals surface area contributed by atoms with E-state index in [4.69, 9.17) is 0 Å². The van der Waals surface area contributed by atoms with Crippen LogP contribution in [0.4, 0.5) is 0 Å². The van der Waals surface area contributed by atoms with E-state index in [1.54, 1.807) is 0 Å². The highest BCUT2D eigenvalue weighted by Crippen LogP contribution is 2.74. The van der Waals surface area contributed by atoms with Crippen LogP contribution in [0.15, 0.2) is 84.9 Å². The van der Waals surface area contributed by atoms with E-state index in [2.05, 4.69) is 126 Å². The minimum Gasteiger partial charge on any atom is -0.0616 e. The zero-order chi connectivity index (χ0) is 20.9. The maximum atomic E-state index is 2.47. The van der Waals surface area contributed by atoms with Gasteiger partial charge in [-0.05, 0) is 87.4 Å². The summed E-state index contributed by atoms with van der Waals surface area (Å²) in [5, 5.41) is 8.59. The fraction of sp³-hybridized carbons (Fsp3) is 0.286. The molecule has 4 rings (SSSR count). The molecule has 0 radical (unpaired) electrons. The highest BCUT2D eigenvalue weighted by molar-refractivity contribution is 7.92. The van der Waals surface area contributed by atoms with Gasteiger partial charge in [0.1, 0.15) is 10.6 Å².